The summed E-state index contributed by atoms with van der Waals surface area (Å²) in [4.78, 5) is 8.37. The number of aromatic amines is 1. The topological polar surface area (TPSA) is 66.5 Å². The molecule has 112 valence electrons. The highest BCUT2D eigenvalue weighted by atomic mass is 35.5. The zero-order valence-corrected chi connectivity index (χ0v) is 12.9. The molecular weight excluding hydrogens is 274 g/mol. The smallest absolute Gasteiger partial charge is 0.160 e. The van der Waals surface area contributed by atoms with Gasteiger partial charge in [0.15, 0.2) is 5.65 Å². The largest absolute Gasteiger partial charge is 0.369 e. The fraction of sp³-hybridized carbons (Fsp3) is 0.643. The predicted octanol–water partition coefficient (Wildman–Crippen LogP) is 3.94. The van der Waals surface area contributed by atoms with Gasteiger partial charge in [0, 0.05) is 6.54 Å². The molecule has 2 aromatic heterocycles. The summed E-state index contributed by atoms with van der Waals surface area (Å²) in [6.07, 6.45) is 12.6. The van der Waals surface area contributed by atoms with Gasteiger partial charge in [0.2, 0.25) is 0 Å². The van der Waals surface area contributed by atoms with E-state index in [0.29, 0.717) is 0 Å². The van der Waals surface area contributed by atoms with Crippen LogP contribution in [0.1, 0.15) is 51.9 Å². The zero-order valence-electron chi connectivity index (χ0n) is 12.1. The molecule has 2 heterocycles. The summed E-state index contributed by atoms with van der Waals surface area (Å²) in [6, 6.07) is 0. The Labute approximate surface area is 126 Å². The van der Waals surface area contributed by atoms with Crippen LogP contribution in [0.2, 0.25) is 0 Å². The molecule has 0 amide bonds. The number of unbranched alkanes of at least 4 members (excludes halogenated alkanes) is 6. The van der Waals surface area contributed by atoms with Gasteiger partial charge in [-0.15, -0.1) is 12.4 Å². The number of nitrogens with zero attached hydrogens (tertiary/aromatic N) is 3. The highest BCUT2D eigenvalue weighted by molar-refractivity contribution is 5.85. The molecule has 20 heavy (non-hydrogen) atoms. The fourth-order valence-electron chi connectivity index (χ4n) is 2.19. The van der Waals surface area contributed by atoms with Gasteiger partial charge in [-0.1, -0.05) is 45.4 Å². The normalized spacial score (nSPS) is 10.4. The molecule has 5 nitrogen and oxygen atoms in total. The van der Waals surface area contributed by atoms with Crippen LogP contribution < -0.4 is 5.32 Å². The summed E-state index contributed by atoms with van der Waals surface area (Å²) in [5.74, 6) is 0.879. The summed E-state index contributed by atoms with van der Waals surface area (Å²) >= 11 is 0. The standard InChI is InChI=1S/C14H23N5.ClH/c1-2-3-4-5-6-7-8-9-15-13-12-10-18-19-14(12)17-11-16-13;/h10-11H,2-9H2,1H3,(H2,15,16,17,18,19);1H. The van der Waals surface area contributed by atoms with Crippen LogP contribution in [0.15, 0.2) is 12.5 Å². The maximum Gasteiger partial charge on any atom is 0.160 e. The summed E-state index contributed by atoms with van der Waals surface area (Å²) in [6.45, 7) is 3.22. The van der Waals surface area contributed by atoms with Crippen LogP contribution in [0, 0.1) is 0 Å². The van der Waals surface area contributed by atoms with Gasteiger partial charge in [-0.3, -0.25) is 5.10 Å². The maximum absolute atomic E-state index is 4.26. The molecule has 0 spiro atoms. The van der Waals surface area contributed by atoms with Crippen molar-refractivity contribution < 1.29 is 0 Å². The number of hydrogen-bond donors (Lipinski definition) is 2. The maximum atomic E-state index is 4.26. The molecule has 0 bridgehead atoms. The van der Waals surface area contributed by atoms with Crippen LogP contribution in [-0.4, -0.2) is 26.7 Å². The van der Waals surface area contributed by atoms with Crippen molar-refractivity contribution in [3.05, 3.63) is 12.5 Å². The van der Waals surface area contributed by atoms with E-state index >= 15 is 0 Å². The Kier molecular flexibility index (Phi) is 7.95. The number of H-pyrrole nitrogens is 1. The van der Waals surface area contributed by atoms with Gasteiger partial charge in [-0.2, -0.15) is 5.10 Å². The van der Waals surface area contributed by atoms with Crippen molar-refractivity contribution in [3.8, 4) is 0 Å². The molecule has 2 aromatic rings. The molecule has 2 N–H and O–H groups in total. The first-order valence-electron chi connectivity index (χ1n) is 7.29. The third-order valence-electron chi connectivity index (χ3n) is 3.32. The second-order valence-electron chi connectivity index (χ2n) is 4.90. The van der Waals surface area contributed by atoms with Crippen LogP contribution in [-0.2, 0) is 0 Å². The van der Waals surface area contributed by atoms with Gasteiger partial charge in [-0.25, -0.2) is 9.97 Å². The molecule has 0 aliphatic heterocycles. The highest BCUT2D eigenvalue weighted by Crippen LogP contribution is 2.16. The van der Waals surface area contributed by atoms with Crippen molar-refractivity contribution in [2.45, 2.75) is 51.9 Å². The summed E-state index contributed by atoms with van der Waals surface area (Å²) in [5.41, 5.74) is 0.789. The van der Waals surface area contributed by atoms with Crippen molar-refractivity contribution >= 4 is 29.3 Å². The van der Waals surface area contributed by atoms with Crippen LogP contribution in [0.25, 0.3) is 11.0 Å². The van der Waals surface area contributed by atoms with Gasteiger partial charge in [0.1, 0.15) is 12.1 Å². The van der Waals surface area contributed by atoms with E-state index in [2.05, 4.69) is 32.4 Å². The van der Waals surface area contributed by atoms with Crippen LogP contribution in [0.4, 0.5) is 5.82 Å². The minimum atomic E-state index is 0. The lowest BCUT2D eigenvalue weighted by atomic mass is 10.1. The lowest BCUT2D eigenvalue weighted by Gasteiger charge is -2.05. The molecule has 0 atom stereocenters. The van der Waals surface area contributed by atoms with Gasteiger partial charge in [0.05, 0.1) is 11.6 Å². The Morgan fingerprint density at radius 2 is 1.80 bits per heavy atom. The van der Waals surface area contributed by atoms with Crippen molar-refractivity contribution in [2.75, 3.05) is 11.9 Å². The lowest BCUT2D eigenvalue weighted by Crippen LogP contribution is -2.03. The van der Waals surface area contributed by atoms with Crippen LogP contribution >= 0.6 is 12.4 Å². The molecular formula is C14H24ClN5. The van der Waals surface area contributed by atoms with Crippen molar-refractivity contribution in [1.82, 2.24) is 20.2 Å². The summed E-state index contributed by atoms with van der Waals surface area (Å²) in [5, 5.41) is 11.2. The van der Waals surface area contributed by atoms with Crippen molar-refractivity contribution in [3.63, 3.8) is 0 Å². The summed E-state index contributed by atoms with van der Waals surface area (Å²) < 4.78 is 0. The number of fused-ring (bicyclic) bond motifs is 1. The number of anilines is 1. The van der Waals surface area contributed by atoms with Gasteiger partial charge in [0.25, 0.3) is 0 Å². The van der Waals surface area contributed by atoms with E-state index in [1.54, 1.807) is 12.5 Å². The molecule has 0 saturated carbocycles. The lowest BCUT2D eigenvalue weighted by molar-refractivity contribution is 0.596. The molecule has 0 unspecified atom stereocenters. The van der Waals surface area contributed by atoms with E-state index in [-0.39, 0.29) is 12.4 Å². The Balaban J connectivity index is 0.00000200. The quantitative estimate of drug-likeness (QED) is 0.688. The van der Waals surface area contributed by atoms with E-state index in [9.17, 15) is 0 Å². The van der Waals surface area contributed by atoms with Crippen molar-refractivity contribution in [2.24, 2.45) is 0 Å². The van der Waals surface area contributed by atoms with E-state index in [4.69, 9.17) is 0 Å². The SMILES string of the molecule is CCCCCCCCCNc1ncnc2[nH]ncc12.Cl. The number of aromatic nitrogens is 4. The number of nitrogens with one attached hydrogen (secondary N) is 2. The second-order valence-corrected chi connectivity index (χ2v) is 4.90. The molecule has 0 aliphatic rings. The predicted molar refractivity (Wildman–Crippen MR) is 85.4 cm³/mol. The Morgan fingerprint density at radius 1 is 1.05 bits per heavy atom. The number of rotatable bonds is 9. The zero-order chi connectivity index (χ0) is 13.3. The molecule has 0 aromatic carbocycles. The van der Waals surface area contributed by atoms with Gasteiger partial charge < -0.3 is 5.32 Å². The third kappa shape index (κ3) is 4.96. The fourth-order valence-corrected chi connectivity index (χ4v) is 2.19. The summed E-state index contributed by atoms with van der Waals surface area (Å²) in [7, 11) is 0. The minimum absolute atomic E-state index is 0. The van der Waals surface area contributed by atoms with E-state index in [1.165, 1.54) is 44.9 Å². The van der Waals surface area contributed by atoms with Gasteiger partial charge in [-0.05, 0) is 6.42 Å². The van der Waals surface area contributed by atoms with E-state index < -0.39 is 0 Å². The number of hydrogen-bond acceptors (Lipinski definition) is 4. The Morgan fingerprint density at radius 3 is 2.60 bits per heavy atom. The molecule has 2 rings (SSSR count). The average molecular weight is 298 g/mol. The molecule has 0 radical (unpaired) electrons. The third-order valence-corrected chi connectivity index (χ3v) is 3.32. The first kappa shape index (κ1) is 16.7. The molecule has 0 aliphatic carbocycles. The van der Waals surface area contributed by atoms with E-state index in [0.717, 1.165) is 23.4 Å². The Bertz CT molecular complexity index is 485. The first-order chi connectivity index (χ1) is 9.42. The minimum Gasteiger partial charge on any atom is -0.369 e. The van der Waals surface area contributed by atoms with Crippen LogP contribution in [0.3, 0.4) is 0 Å². The number of halogens is 1. The van der Waals surface area contributed by atoms with Gasteiger partial charge >= 0.3 is 0 Å². The average Bonchev–Trinajstić information content (AvgIpc) is 2.91. The van der Waals surface area contributed by atoms with Crippen molar-refractivity contribution in [1.29, 1.82) is 0 Å². The Hall–Kier alpha value is -1.36. The first-order valence-corrected chi connectivity index (χ1v) is 7.29. The monoisotopic (exact) mass is 297 g/mol. The van der Waals surface area contributed by atoms with Crippen LogP contribution in [0.5, 0.6) is 0 Å². The highest BCUT2D eigenvalue weighted by Gasteiger charge is 2.03. The molecule has 0 saturated heterocycles. The second kappa shape index (κ2) is 9.53. The molecule has 6 heteroatoms. The van der Waals surface area contributed by atoms with E-state index in [1.807, 2.05) is 0 Å². The molecule has 0 fully saturated rings.